The van der Waals surface area contributed by atoms with Gasteiger partial charge in [0.15, 0.2) is 0 Å². The van der Waals surface area contributed by atoms with E-state index in [9.17, 15) is 57.8 Å². The van der Waals surface area contributed by atoms with Crippen LogP contribution in [0, 0.1) is 29.6 Å². The molecular formula is C68H107N11O15. The molecule has 0 aliphatic carbocycles. The number of aliphatic hydroxyl groups is 1. The summed E-state index contributed by atoms with van der Waals surface area (Å²) in [4.78, 5) is 153. The number of imide groups is 1. The quantitative estimate of drug-likeness (QED) is 0.0312. The Bertz CT molecular complexity index is 2830. The average Bonchev–Trinajstić information content (AvgIpc) is 1.33. The summed E-state index contributed by atoms with van der Waals surface area (Å²) in [7, 11) is 6.08. The van der Waals surface area contributed by atoms with Crippen LogP contribution in [0.4, 0.5) is 15.3 Å². The molecule has 0 spiro atoms. The van der Waals surface area contributed by atoms with Gasteiger partial charge in [0, 0.05) is 72.9 Å². The maximum atomic E-state index is 14.8. The maximum Gasteiger partial charge on any atom is 0.410 e. The number of hydrogen-bond acceptors (Lipinski definition) is 15. The first-order valence-corrected chi connectivity index (χ1v) is 33.2. The van der Waals surface area contributed by atoms with Gasteiger partial charge in [-0.15, -0.1) is 0 Å². The number of carbonyl (C=O) groups excluding carboxylic acids is 11. The van der Waals surface area contributed by atoms with Crippen molar-refractivity contribution >= 4 is 71.0 Å². The van der Waals surface area contributed by atoms with E-state index < -0.39 is 114 Å². The molecule has 26 nitrogen and oxygen atoms in total. The molecule has 0 radical (unpaired) electrons. The van der Waals surface area contributed by atoms with Crippen molar-refractivity contribution in [1.82, 2.24) is 46.2 Å². The third kappa shape index (κ3) is 23.0. The number of likely N-dealkylation sites (tertiary alicyclic amines) is 2. The summed E-state index contributed by atoms with van der Waals surface area (Å²) in [6.07, 6.45) is 1.06. The normalized spacial score (nSPS) is 17.6. The van der Waals surface area contributed by atoms with E-state index in [0.29, 0.717) is 68.4 Å². The lowest BCUT2D eigenvalue weighted by Gasteiger charge is -2.41. The van der Waals surface area contributed by atoms with Gasteiger partial charge in [-0.2, -0.15) is 0 Å². The summed E-state index contributed by atoms with van der Waals surface area (Å²) < 4.78 is 17.8. The largest absolute Gasteiger partial charge is 0.445 e. The highest BCUT2D eigenvalue weighted by molar-refractivity contribution is 6.02. The molecule has 0 saturated carbocycles. The van der Waals surface area contributed by atoms with E-state index in [2.05, 4.69) is 31.9 Å². The molecule has 94 heavy (non-hydrogen) atoms. The zero-order valence-corrected chi connectivity index (χ0v) is 57.7. The summed E-state index contributed by atoms with van der Waals surface area (Å²) in [5, 5.41) is 27.6. The smallest absolute Gasteiger partial charge is 0.410 e. The van der Waals surface area contributed by atoms with E-state index in [0.717, 1.165) is 0 Å². The number of nitrogens with two attached hydrogens (primary N) is 1. The predicted molar refractivity (Wildman–Crippen MR) is 353 cm³/mol. The SMILES string of the molecule is CCC(C)C(C(CC(=O)N1CCCC1C(OC)[C@@H](C)C(=O)NC(C)C(O)c1ccccc1)OC)N(C)C(=O)[C@@H](NC(=O)C(C(C)C)N(C)C(=O)OCc1ccc(NC(=O)[C@H](CCCNC(N)=O)NC(=O)C(NC(=O)CCCCCN2C(=O)CCC2=O)C(C)C)cc1)C(C)C. The Morgan fingerprint density at radius 2 is 1.35 bits per heavy atom. The second-order valence-corrected chi connectivity index (χ2v) is 26.0. The fourth-order valence-electron chi connectivity index (χ4n) is 12.3. The molecule has 26 heteroatoms. The van der Waals surface area contributed by atoms with Gasteiger partial charge in [0.05, 0.1) is 48.8 Å². The highest BCUT2D eigenvalue weighted by atomic mass is 16.6. The fraction of sp³-hybridized carbons (Fsp3) is 0.662. The Morgan fingerprint density at radius 3 is 1.93 bits per heavy atom. The van der Waals surface area contributed by atoms with Gasteiger partial charge in [-0.25, -0.2) is 9.59 Å². The number of rotatable bonds is 38. The number of nitrogens with one attached hydrogen (secondary N) is 6. The highest BCUT2D eigenvalue weighted by Gasteiger charge is 2.44. The first-order valence-electron chi connectivity index (χ1n) is 33.2. The molecular weight excluding hydrogens is 1210 g/mol. The van der Waals surface area contributed by atoms with Gasteiger partial charge in [0.25, 0.3) is 0 Å². The van der Waals surface area contributed by atoms with Crippen LogP contribution in [-0.4, -0.2) is 192 Å². The molecule has 2 fully saturated rings. The number of benzene rings is 2. The Balaban J connectivity index is 1.37. The molecule has 0 aromatic heterocycles. The van der Waals surface area contributed by atoms with Crippen LogP contribution in [0.15, 0.2) is 54.6 Å². The van der Waals surface area contributed by atoms with Gasteiger partial charge in [-0.1, -0.05) is 118 Å². The Hall–Kier alpha value is -7.71. The topological polar surface area (TPSA) is 347 Å². The number of hydrogen-bond donors (Lipinski definition) is 8. The third-order valence-electron chi connectivity index (χ3n) is 18.0. The lowest BCUT2D eigenvalue weighted by atomic mass is 9.89. The van der Waals surface area contributed by atoms with E-state index in [1.807, 2.05) is 32.0 Å². The van der Waals surface area contributed by atoms with Crippen LogP contribution in [0.25, 0.3) is 0 Å². The number of ether oxygens (including phenoxy) is 3. The van der Waals surface area contributed by atoms with Crippen molar-refractivity contribution in [3.05, 3.63) is 65.7 Å². The van der Waals surface area contributed by atoms with Crippen LogP contribution in [0.1, 0.15) is 164 Å². The fourth-order valence-corrected chi connectivity index (χ4v) is 12.3. The molecule has 12 atom stereocenters. The standard InChI is InChI=1S/C68H107N11O15/c1-15-43(8)59(51(92-13)38-55(83)78-37-23-27-50(78)61(93-14)44(9)62(85)71-45(10)60(84)47-24-18-16-19-25-47)76(11)66(89)57(41(4)5)75-65(88)58(42(6)7)77(12)68(91)94-39-46-29-31-48(32-30-46)72-63(86)49(26-22-35-70-67(69)90)73-64(87)56(40(2)3)74-52(80)28-20-17-21-36-79-53(81)33-34-54(79)82/h16,18-19,24-25,29-32,40-45,49-51,56-61,84H,15,17,20-23,26-28,33-39H2,1-14H3,(H,71,85)(H,72,86)(H,73,87)(H,74,80)(H,75,88)(H3,69,70,90)/t43?,44-,45?,49+,50?,51?,56?,57+,58?,59?,60?,61?/m1/s1. The molecule has 9 N–H and O–H groups in total. The van der Waals surface area contributed by atoms with Crippen molar-refractivity contribution in [3.63, 3.8) is 0 Å². The van der Waals surface area contributed by atoms with Gasteiger partial charge in [0.1, 0.15) is 30.8 Å². The minimum atomic E-state index is -1.11. The Labute approximate surface area is 555 Å². The lowest BCUT2D eigenvalue weighted by molar-refractivity contribution is -0.148. The summed E-state index contributed by atoms with van der Waals surface area (Å²) in [5.41, 5.74) is 6.78. The minimum absolute atomic E-state index is 0.0885. The van der Waals surface area contributed by atoms with E-state index in [-0.39, 0.29) is 93.0 Å². The van der Waals surface area contributed by atoms with Gasteiger partial charge in [-0.3, -0.25) is 53.0 Å². The first-order chi connectivity index (χ1) is 44.5. The number of likely N-dealkylation sites (N-methyl/N-ethyl adjacent to an activating group) is 2. The number of nitrogens with zero attached hydrogens (tertiary/aromatic N) is 4. The van der Waals surface area contributed by atoms with Crippen LogP contribution >= 0.6 is 0 Å². The first kappa shape index (κ1) is 78.7. The number of carbonyl (C=O) groups is 11. The van der Waals surface area contributed by atoms with E-state index in [4.69, 9.17) is 19.9 Å². The van der Waals surface area contributed by atoms with Crippen molar-refractivity contribution in [2.45, 2.75) is 213 Å². The van der Waals surface area contributed by atoms with Crippen molar-refractivity contribution < 1.29 is 72.1 Å². The molecule has 2 saturated heterocycles. The van der Waals surface area contributed by atoms with Gasteiger partial charge in [0.2, 0.25) is 53.2 Å². The molecule has 2 aromatic rings. The van der Waals surface area contributed by atoms with Crippen LogP contribution < -0.4 is 37.6 Å². The van der Waals surface area contributed by atoms with Gasteiger partial charge >= 0.3 is 12.1 Å². The molecule has 2 aliphatic rings. The Morgan fingerprint density at radius 1 is 0.713 bits per heavy atom. The van der Waals surface area contributed by atoms with Crippen molar-refractivity contribution in [2.24, 2.45) is 35.3 Å². The van der Waals surface area contributed by atoms with Gasteiger partial charge < -0.3 is 66.8 Å². The van der Waals surface area contributed by atoms with Gasteiger partial charge in [-0.05, 0) is 92.4 Å². The summed E-state index contributed by atoms with van der Waals surface area (Å²) in [6.45, 7) is 18.7. The van der Waals surface area contributed by atoms with Crippen molar-refractivity contribution in [1.29, 1.82) is 0 Å². The number of urea groups is 1. The average molecular weight is 1320 g/mol. The monoisotopic (exact) mass is 1320 g/mol. The van der Waals surface area contributed by atoms with E-state index in [1.54, 1.807) is 109 Å². The maximum absolute atomic E-state index is 14.8. The molecule has 4 rings (SSSR count). The van der Waals surface area contributed by atoms with E-state index >= 15 is 0 Å². The van der Waals surface area contributed by atoms with Crippen molar-refractivity contribution in [3.8, 4) is 0 Å². The van der Waals surface area contributed by atoms with E-state index in [1.165, 1.54) is 31.1 Å². The molecule has 524 valence electrons. The highest BCUT2D eigenvalue weighted by Crippen LogP contribution is 2.31. The summed E-state index contributed by atoms with van der Waals surface area (Å²) in [6, 6.07) is 8.77. The summed E-state index contributed by atoms with van der Waals surface area (Å²) >= 11 is 0. The molecule has 2 aromatic carbocycles. The van der Waals surface area contributed by atoms with Crippen LogP contribution in [0.2, 0.25) is 0 Å². The number of methoxy groups -OCH3 is 2. The van der Waals surface area contributed by atoms with Crippen LogP contribution in [0.5, 0.6) is 0 Å². The number of anilines is 1. The second kappa shape index (κ2) is 38.6. The Kier molecular flexibility index (Phi) is 32.3. The zero-order chi connectivity index (χ0) is 70.1. The molecule has 9 unspecified atom stereocenters. The predicted octanol–water partition coefficient (Wildman–Crippen LogP) is 5.30. The molecule has 2 aliphatic heterocycles. The number of aliphatic hydroxyl groups excluding tert-OH is 1. The molecule has 12 amide bonds. The lowest BCUT2D eigenvalue weighted by Crippen LogP contribution is -2.60. The molecule has 2 heterocycles. The zero-order valence-electron chi connectivity index (χ0n) is 57.7. The number of amides is 12. The number of unbranched alkanes of at least 4 members (excludes halogenated alkanes) is 2. The van der Waals surface area contributed by atoms with Crippen molar-refractivity contribution in [2.75, 3.05) is 53.3 Å². The van der Waals surface area contributed by atoms with Crippen LogP contribution in [-0.2, 0) is 64.0 Å². The minimum Gasteiger partial charge on any atom is -0.445 e. The second-order valence-electron chi connectivity index (χ2n) is 26.0. The molecule has 0 bridgehead atoms. The summed E-state index contributed by atoms with van der Waals surface area (Å²) in [5.74, 6) is -5.62. The van der Waals surface area contributed by atoms with Crippen LogP contribution in [0.3, 0.4) is 0 Å². The third-order valence-corrected chi connectivity index (χ3v) is 18.0. The number of primary amides is 1.